The first kappa shape index (κ1) is 22.4. The Balaban J connectivity index is 1.77. The average molecular weight is 476 g/mol. The minimum Gasteiger partial charge on any atom is -0.482 e. The standard InChI is InChI=1S/C28H19Cl3N/c29-24-15-11-22(12-16-24)27(32-28(31)23-13-17-25(30)18-14-23)19-26(20-7-3-1-4-8-20)21-9-5-2-6-10-21/h1-19H/q+1. The molecule has 0 radical (unpaired) electrons. The normalized spacial score (nSPS) is 10.5. The summed E-state index contributed by atoms with van der Waals surface area (Å²) < 4.78 is 0. The molecule has 0 saturated carbocycles. The smallest absolute Gasteiger partial charge is 0.130 e. The van der Waals surface area contributed by atoms with Gasteiger partial charge in [0.2, 0.25) is 0 Å². The molecule has 0 unspecified atom stereocenters. The predicted molar refractivity (Wildman–Crippen MR) is 137 cm³/mol. The molecule has 0 N–H and O–H groups in total. The Morgan fingerprint density at radius 1 is 0.594 bits per heavy atom. The highest BCUT2D eigenvalue weighted by Gasteiger charge is 2.18. The second-order valence-corrected chi connectivity index (χ2v) is 8.32. The van der Waals surface area contributed by atoms with Crippen LogP contribution in [0.3, 0.4) is 0 Å². The van der Waals surface area contributed by atoms with E-state index >= 15 is 0 Å². The summed E-state index contributed by atoms with van der Waals surface area (Å²) in [7, 11) is 0. The van der Waals surface area contributed by atoms with Crippen molar-refractivity contribution in [3.05, 3.63) is 164 Å². The highest BCUT2D eigenvalue weighted by Crippen LogP contribution is 2.38. The molecule has 4 rings (SSSR count). The third-order valence-corrected chi connectivity index (χ3v) is 5.70. The second kappa shape index (κ2) is 10.7. The Morgan fingerprint density at radius 3 is 1.50 bits per heavy atom. The summed E-state index contributed by atoms with van der Waals surface area (Å²) in [6, 6.07) is 36.1. The van der Waals surface area contributed by atoms with Crippen molar-refractivity contribution in [1.29, 1.82) is 0 Å². The summed E-state index contributed by atoms with van der Waals surface area (Å²) in [6.45, 7) is 0. The highest BCUT2D eigenvalue weighted by molar-refractivity contribution is 6.32. The van der Waals surface area contributed by atoms with E-state index < -0.39 is 0 Å². The fourth-order valence-electron chi connectivity index (χ4n) is 3.26. The molecular formula is C28H19Cl3N+. The molecule has 4 aromatic rings. The van der Waals surface area contributed by atoms with Gasteiger partial charge in [-0.25, -0.2) is 0 Å². The molecule has 0 saturated heterocycles. The largest absolute Gasteiger partial charge is 0.482 e. The Bertz CT molecular complexity index is 1110. The maximum absolute atomic E-state index is 6.64. The van der Waals surface area contributed by atoms with Gasteiger partial charge < -0.3 is 5.32 Å². The molecular weight excluding hydrogens is 457 g/mol. The van der Waals surface area contributed by atoms with E-state index in [0.29, 0.717) is 15.5 Å². The first-order valence-corrected chi connectivity index (χ1v) is 11.2. The monoisotopic (exact) mass is 474 g/mol. The Morgan fingerprint density at radius 2 is 1.03 bits per heavy atom. The maximum atomic E-state index is 6.64. The molecule has 0 fully saturated rings. The van der Waals surface area contributed by atoms with Crippen LogP contribution in [0.4, 0.5) is 0 Å². The van der Waals surface area contributed by atoms with E-state index in [9.17, 15) is 0 Å². The highest BCUT2D eigenvalue weighted by atomic mass is 35.5. The van der Waals surface area contributed by atoms with Crippen LogP contribution in [0.5, 0.6) is 0 Å². The van der Waals surface area contributed by atoms with E-state index in [0.717, 1.165) is 33.9 Å². The molecule has 1 nitrogen and oxygen atoms in total. The van der Waals surface area contributed by atoms with Crippen molar-refractivity contribution >= 4 is 40.4 Å². The van der Waals surface area contributed by atoms with E-state index in [1.165, 1.54) is 0 Å². The molecule has 0 aliphatic rings. The lowest BCUT2D eigenvalue weighted by atomic mass is 9.94. The van der Waals surface area contributed by atoms with E-state index in [2.05, 4.69) is 30.3 Å². The molecule has 156 valence electrons. The van der Waals surface area contributed by atoms with Crippen LogP contribution in [-0.4, -0.2) is 0 Å². The van der Waals surface area contributed by atoms with Crippen LogP contribution in [-0.2, 0) is 0 Å². The topological polar surface area (TPSA) is 14.1 Å². The van der Waals surface area contributed by atoms with Crippen molar-refractivity contribution in [2.45, 2.75) is 0 Å². The fourth-order valence-corrected chi connectivity index (χ4v) is 3.73. The minimum absolute atomic E-state index is 0.378. The number of halogens is 3. The van der Waals surface area contributed by atoms with Gasteiger partial charge >= 0.3 is 0 Å². The van der Waals surface area contributed by atoms with Gasteiger partial charge in [-0.15, -0.1) is 0 Å². The van der Waals surface area contributed by atoms with Gasteiger partial charge in [0.25, 0.3) is 0 Å². The maximum Gasteiger partial charge on any atom is 0.130 e. The van der Waals surface area contributed by atoms with E-state index in [1.807, 2.05) is 72.8 Å². The zero-order valence-corrected chi connectivity index (χ0v) is 19.3. The fraction of sp³-hybridized carbons (Fsp3) is 0. The van der Waals surface area contributed by atoms with Gasteiger partial charge in [-0.2, -0.15) is 0 Å². The summed E-state index contributed by atoms with van der Waals surface area (Å²) in [5.74, 6) is 0. The predicted octanol–water partition coefficient (Wildman–Crippen LogP) is 9.16. The Kier molecular flexibility index (Phi) is 7.47. The number of nitrogens with zero attached hydrogens (tertiary/aromatic N) is 1. The lowest BCUT2D eigenvalue weighted by Gasteiger charge is -2.25. The third-order valence-electron chi connectivity index (χ3n) is 4.89. The van der Waals surface area contributed by atoms with Crippen LogP contribution < -0.4 is 0 Å². The van der Waals surface area contributed by atoms with Gasteiger partial charge in [-0.3, -0.25) is 0 Å². The molecule has 4 aromatic carbocycles. The van der Waals surface area contributed by atoms with Crippen LogP contribution in [0.15, 0.2) is 115 Å². The van der Waals surface area contributed by atoms with Gasteiger partial charge in [-0.05, 0) is 41.9 Å². The van der Waals surface area contributed by atoms with Crippen LogP contribution in [0.2, 0.25) is 10.0 Å². The zero-order valence-electron chi connectivity index (χ0n) is 17.1. The summed E-state index contributed by atoms with van der Waals surface area (Å²) in [6.07, 6.45) is 2.06. The molecule has 0 aliphatic carbocycles. The van der Waals surface area contributed by atoms with Crippen molar-refractivity contribution in [3.8, 4) is 0 Å². The van der Waals surface area contributed by atoms with Gasteiger partial charge in [-0.1, -0.05) is 59.6 Å². The van der Waals surface area contributed by atoms with E-state index in [4.69, 9.17) is 40.1 Å². The molecule has 0 amide bonds. The lowest BCUT2D eigenvalue weighted by Crippen LogP contribution is -2.02. The van der Waals surface area contributed by atoms with Crippen molar-refractivity contribution in [3.63, 3.8) is 0 Å². The summed E-state index contributed by atoms with van der Waals surface area (Å²) >= 11 is 18.8. The molecule has 0 atom stereocenters. The Hall–Kier alpha value is -2.81. The molecule has 0 aliphatic heterocycles. The minimum atomic E-state index is 0.378. The first-order chi connectivity index (χ1) is 15.6. The molecule has 0 bridgehead atoms. The second-order valence-electron chi connectivity index (χ2n) is 7.09. The van der Waals surface area contributed by atoms with Crippen molar-refractivity contribution < 1.29 is 0 Å². The SMILES string of the molecule is Clc1ccc([C+](Cl)[N-][C+](C=C(c2ccccc2)c2ccccc2)c2ccc(Cl)cc2)cc1. The Labute approximate surface area is 204 Å². The summed E-state index contributed by atoms with van der Waals surface area (Å²) in [5, 5.41) is 6.12. The molecule has 0 spiro atoms. The molecule has 4 heteroatoms. The van der Waals surface area contributed by atoms with Crippen molar-refractivity contribution in [2.75, 3.05) is 0 Å². The number of hydrogen-bond acceptors (Lipinski definition) is 0. The average Bonchev–Trinajstić information content (AvgIpc) is 2.83. The van der Waals surface area contributed by atoms with Gasteiger partial charge in [0, 0.05) is 71.2 Å². The van der Waals surface area contributed by atoms with E-state index in [-0.39, 0.29) is 0 Å². The van der Waals surface area contributed by atoms with Crippen LogP contribution >= 0.6 is 34.8 Å². The van der Waals surface area contributed by atoms with Crippen molar-refractivity contribution in [1.82, 2.24) is 0 Å². The van der Waals surface area contributed by atoms with Gasteiger partial charge in [0.15, 0.2) is 0 Å². The van der Waals surface area contributed by atoms with E-state index in [1.54, 1.807) is 12.1 Å². The van der Waals surface area contributed by atoms with Gasteiger partial charge in [0.1, 0.15) is 5.56 Å². The molecule has 32 heavy (non-hydrogen) atoms. The zero-order chi connectivity index (χ0) is 22.3. The summed E-state index contributed by atoms with van der Waals surface area (Å²) in [5.41, 5.74) is 5.29. The third kappa shape index (κ3) is 5.70. The summed E-state index contributed by atoms with van der Waals surface area (Å²) in [4.78, 5) is 0. The first-order valence-electron chi connectivity index (χ1n) is 10.1. The van der Waals surface area contributed by atoms with Crippen LogP contribution in [0.1, 0.15) is 22.3 Å². The van der Waals surface area contributed by atoms with Crippen molar-refractivity contribution in [2.24, 2.45) is 0 Å². The number of hydrogen-bond donors (Lipinski definition) is 0. The van der Waals surface area contributed by atoms with Crippen LogP contribution in [0, 0.1) is 11.5 Å². The number of rotatable bonds is 7. The quantitative estimate of drug-likeness (QED) is 0.187. The van der Waals surface area contributed by atoms with Gasteiger partial charge in [0.05, 0.1) is 21.2 Å². The lowest BCUT2D eigenvalue weighted by molar-refractivity contribution is 1.24. The molecule has 0 heterocycles. The molecule has 0 aromatic heterocycles. The van der Waals surface area contributed by atoms with Crippen LogP contribution in [0.25, 0.3) is 10.9 Å². The number of benzene rings is 4.